The summed E-state index contributed by atoms with van der Waals surface area (Å²) in [5.74, 6) is 0.361. The van der Waals surface area contributed by atoms with Crippen molar-refractivity contribution in [2.75, 3.05) is 19.6 Å². The number of aromatic amines is 1. The second-order valence-corrected chi connectivity index (χ2v) is 5.56. The minimum Gasteiger partial charge on any atom is -0.335 e. The Kier molecular flexibility index (Phi) is 4.89. The van der Waals surface area contributed by atoms with E-state index in [4.69, 9.17) is 0 Å². The lowest BCUT2D eigenvalue weighted by Gasteiger charge is -2.32. The number of carbonyl (C=O) groups excluding carboxylic acids is 1. The Morgan fingerprint density at radius 3 is 2.90 bits per heavy atom. The number of hydrogen-bond acceptors (Lipinski definition) is 4. The summed E-state index contributed by atoms with van der Waals surface area (Å²) >= 11 is 0. The van der Waals surface area contributed by atoms with Crippen LogP contribution in [0.1, 0.15) is 37.2 Å². The van der Waals surface area contributed by atoms with Gasteiger partial charge in [0.15, 0.2) is 0 Å². The molecule has 1 aliphatic heterocycles. The number of amides is 1. The smallest absolute Gasteiger partial charge is 0.274 e. The van der Waals surface area contributed by atoms with Crippen LogP contribution in [0.5, 0.6) is 0 Å². The minimum atomic E-state index is -0.297. The van der Waals surface area contributed by atoms with Crippen molar-refractivity contribution in [1.82, 2.24) is 20.2 Å². The summed E-state index contributed by atoms with van der Waals surface area (Å²) in [6, 6.07) is 0.109. The number of hydrogen-bond donors (Lipinski definition) is 2. The van der Waals surface area contributed by atoms with Crippen LogP contribution in [-0.2, 0) is 0 Å². The van der Waals surface area contributed by atoms with E-state index in [-0.39, 0.29) is 17.5 Å². The van der Waals surface area contributed by atoms with E-state index in [9.17, 15) is 9.59 Å². The maximum Gasteiger partial charge on any atom is 0.274 e. The Bertz CT molecular complexity index is 486. The molecule has 2 rings (SSSR count). The number of piperidine rings is 1. The largest absolute Gasteiger partial charge is 0.335 e. The zero-order valence-electron chi connectivity index (χ0n) is 12.1. The minimum absolute atomic E-state index is 0.109. The van der Waals surface area contributed by atoms with E-state index >= 15 is 0 Å². The van der Waals surface area contributed by atoms with Gasteiger partial charge in [-0.1, -0.05) is 0 Å². The van der Waals surface area contributed by atoms with Crippen molar-refractivity contribution in [1.29, 1.82) is 0 Å². The molecule has 0 bridgehead atoms. The first-order valence-electron chi connectivity index (χ1n) is 7.14. The molecule has 1 saturated heterocycles. The first-order chi connectivity index (χ1) is 9.58. The van der Waals surface area contributed by atoms with Crippen LogP contribution >= 0.6 is 0 Å². The maximum absolute atomic E-state index is 12.5. The molecule has 110 valence electrons. The Balaban J connectivity index is 2.08. The van der Waals surface area contributed by atoms with Gasteiger partial charge in [-0.25, -0.2) is 4.98 Å². The van der Waals surface area contributed by atoms with Crippen LogP contribution in [0.4, 0.5) is 0 Å². The zero-order valence-corrected chi connectivity index (χ0v) is 12.1. The molecule has 1 aromatic heterocycles. The summed E-state index contributed by atoms with van der Waals surface area (Å²) < 4.78 is 0. The third-order valence-electron chi connectivity index (χ3n) is 3.63. The molecule has 2 heterocycles. The first-order valence-corrected chi connectivity index (χ1v) is 7.14. The van der Waals surface area contributed by atoms with E-state index in [2.05, 4.69) is 15.3 Å². The molecule has 2 N–H and O–H groups in total. The van der Waals surface area contributed by atoms with Gasteiger partial charge >= 0.3 is 0 Å². The lowest BCUT2D eigenvalue weighted by molar-refractivity contribution is 0.0654. The maximum atomic E-state index is 12.5. The number of H-pyrrole nitrogens is 1. The van der Waals surface area contributed by atoms with Crippen LogP contribution < -0.4 is 10.9 Å². The molecule has 0 spiro atoms. The molecule has 0 aliphatic carbocycles. The molecule has 1 fully saturated rings. The molecule has 6 heteroatoms. The molecule has 1 aliphatic rings. The van der Waals surface area contributed by atoms with Crippen molar-refractivity contribution in [2.45, 2.75) is 32.7 Å². The van der Waals surface area contributed by atoms with Gasteiger partial charge in [0.25, 0.3) is 11.5 Å². The number of carbonyl (C=O) groups is 1. The fourth-order valence-corrected chi connectivity index (χ4v) is 2.49. The normalized spacial score (nSPS) is 19.1. The molecule has 0 radical (unpaired) electrons. The lowest BCUT2D eigenvalue weighted by Crippen LogP contribution is -2.44. The van der Waals surface area contributed by atoms with Crippen LogP contribution in [-0.4, -0.2) is 46.5 Å². The van der Waals surface area contributed by atoms with Crippen molar-refractivity contribution >= 4 is 5.91 Å². The number of nitrogens with one attached hydrogen (secondary N) is 2. The van der Waals surface area contributed by atoms with Gasteiger partial charge in [0.2, 0.25) is 0 Å². The van der Waals surface area contributed by atoms with E-state index < -0.39 is 0 Å². The summed E-state index contributed by atoms with van der Waals surface area (Å²) in [7, 11) is 0. The SMILES string of the molecule is CC(C)N(CC1CCCNC1)C(=O)c1c[nH]c(=O)cn1. The zero-order chi connectivity index (χ0) is 14.5. The Labute approximate surface area is 118 Å². The van der Waals surface area contributed by atoms with Gasteiger partial charge < -0.3 is 15.2 Å². The van der Waals surface area contributed by atoms with E-state index in [1.165, 1.54) is 6.20 Å². The van der Waals surface area contributed by atoms with Gasteiger partial charge in [-0.3, -0.25) is 9.59 Å². The third kappa shape index (κ3) is 3.66. The summed E-state index contributed by atoms with van der Waals surface area (Å²) in [5.41, 5.74) is -0.00352. The van der Waals surface area contributed by atoms with E-state index in [1.54, 1.807) is 0 Å². The van der Waals surface area contributed by atoms with Gasteiger partial charge in [-0.2, -0.15) is 0 Å². The van der Waals surface area contributed by atoms with Gasteiger partial charge in [-0.15, -0.1) is 0 Å². The molecular weight excluding hydrogens is 256 g/mol. The second-order valence-electron chi connectivity index (χ2n) is 5.56. The third-order valence-corrected chi connectivity index (χ3v) is 3.63. The molecular formula is C14H22N4O2. The predicted molar refractivity (Wildman–Crippen MR) is 76.6 cm³/mol. The average Bonchev–Trinajstić information content (AvgIpc) is 2.45. The Hall–Kier alpha value is -1.69. The number of aromatic nitrogens is 2. The number of rotatable bonds is 4. The quantitative estimate of drug-likeness (QED) is 0.846. The molecule has 0 saturated carbocycles. The standard InChI is InChI=1S/C14H22N4O2/c1-10(2)18(9-11-4-3-5-15-6-11)14(20)12-7-17-13(19)8-16-12/h7-8,10-11,15H,3-6,9H2,1-2H3,(H,17,19). The summed E-state index contributed by atoms with van der Waals surface area (Å²) in [5, 5.41) is 3.36. The molecule has 1 unspecified atom stereocenters. The van der Waals surface area contributed by atoms with E-state index in [1.807, 2.05) is 18.7 Å². The van der Waals surface area contributed by atoms with Gasteiger partial charge in [0, 0.05) is 18.8 Å². The molecule has 1 aromatic rings. The molecule has 0 aromatic carbocycles. The Morgan fingerprint density at radius 1 is 1.55 bits per heavy atom. The van der Waals surface area contributed by atoms with Gasteiger partial charge in [-0.05, 0) is 45.7 Å². The molecule has 6 nitrogen and oxygen atoms in total. The monoisotopic (exact) mass is 278 g/mol. The van der Waals surface area contributed by atoms with Crippen LogP contribution in [0.25, 0.3) is 0 Å². The molecule has 1 amide bonds. The summed E-state index contributed by atoms with van der Waals surface area (Å²) in [6.07, 6.45) is 4.83. The van der Waals surface area contributed by atoms with E-state index in [0.29, 0.717) is 11.6 Å². The highest BCUT2D eigenvalue weighted by atomic mass is 16.2. The fraction of sp³-hybridized carbons (Fsp3) is 0.643. The summed E-state index contributed by atoms with van der Waals surface area (Å²) in [4.78, 5) is 31.8. The summed E-state index contributed by atoms with van der Waals surface area (Å²) in [6.45, 7) is 6.74. The average molecular weight is 278 g/mol. The highest BCUT2D eigenvalue weighted by molar-refractivity contribution is 5.92. The van der Waals surface area contributed by atoms with Crippen molar-refractivity contribution in [3.63, 3.8) is 0 Å². The van der Waals surface area contributed by atoms with Crippen molar-refractivity contribution in [2.24, 2.45) is 5.92 Å². The van der Waals surface area contributed by atoms with Crippen LogP contribution in [0.2, 0.25) is 0 Å². The van der Waals surface area contributed by atoms with Crippen molar-refractivity contribution in [3.05, 3.63) is 28.4 Å². The predicted octanol–water partition coefficient (Wildman–Crippen LogP) is 0.620. The van der Waals surface area contributed by atoms with Gasteiger partial charge in [0.1, 0.15) is 5.69 Å². The topological polar surface area (TPSA) is 78.1 Å². The van der Waals surface area contributed by atoms with Gasteiger partial charge in [0.05, 0.1) is 6.20 Å². The molecule has 20 heavy (non-hydrogen) atoms. The first kappa shape index (κ1) is 14.7. The van der Waals surface area contributed by atoms with Crippen LogP contribution in [0.3, 0.4) is 0 Å². The van der Waals surface area contributed by atoms with Crippen LogP contribution in [0, 0.1) is 5.92 Å². The highest BCUT2D eigenvalue weighted by Gasteiger charge is 2.24. The van der Waals surface area contributed by atoms with Crippen molar-refractivity contribution in [3.8, 4) is 0 Å². The molecule has 1 atom stereocenters. The fourth-order valence-electron chi connectivity index (χ4n) is 2.49. The van der Waals surface area contributed by atoms with Crippen LogP contribution in [0.15, 0.2) is 17.2 Å². The van der Waals surface area contributed by atoms with Crippen molar-refractivity contribution < 1.29 is 4.79 Å². The lowest BCUT2D eigenvalue weighted by atomic mass is 9.98. The number of nitrogens with zero attached hydrogens (tertiary/aromatic N) is 2. The van der Waals surface area contributed by atoms with E-state index in [0.717, 1.165) is 38.7 Å². The second kappa shape index (κ2) is 6.65. The Morgan fingerprint density at radius 2 is 2.35 bits per heavy atom. The highest BCUT2D eigenvalue weighted by Crippen LogP contribution is 2.15.